The molecule has 2 nitrogen and oxygen atoms in total. The van der Waals surface area contributed by atoms with E-state index in [4.69, 9.17) is 8.85 Å². The van der Waals surface area contributed by atoms with Crippen molar-refractivity contribution in [1.29, 1.82) is 0 Å². The molecule has 0 aromatic heterocycles. The van der Waals surface area contributed by atoms with Crippen LogP contribution in [0.25, 0.3) is 0 Å². The van der Waals surface area contributed by atoms with E-state index in [1.165, 1.54) is 0 Å². The maximum Gasteiger partial charge on any atom is 0.183 e. The van der Waals surface area contributed by atoms with Gasteiger partial charge in [-0.25, -0.2) is 0 Å². The highest BCUT2D eigenvalue weighted by Gasteiger charge is 2.14. The van der Waals surface area contributed by atoms with Crippen molar-refractivity contribution in [3.63, 3.8) is 0 Å². The molecule has 0 aliphatic carbocycles. The highest BCUT2D eigenvalue weighted by molar-refractivity contribution is 8.76. The molecule has 0 N–H and O–H groups in total. The fourth-order valence-electron chi connectivity index (χ4n) is 0.882. The highest BCUT2D eigenvalue weighted by Crippen LogP contribution is 2.21. The Hall–Kier alpha value is 1.05. The lowest BCUT2D eigenvalue weighted by Crippen LogP contribution is -2.26. The average Bonchev–Trinajstić information content (AvgIpc) is 2.06. The normalized spacial score (nSPS) is 13.1. The predicted molar refractivity (Wildman–Crippen MR) is 83.5 cm³/mol. The molecule has 0 atom stereocenters. The Morgan fingerprint density at radius 2 is 1.00 bits per heavy atom. The van der Waals surface area contributed by atoms with Crippen molar-refractivity contribution in [3.05, 3.63) is 0 Å². The molecule has 0 rings (SSSR count). The van der Waals surface area contributed by atoms with E-state index in [2.05, 4.69) is 39.3 Å². The molecule has 0 aliphatic heterocycles. The van der Waals surface area contributed by atoms with Gasteiger partial charge in [-0.2, -0.15) is 0 Å². The summed E-state index contributed by atoms with van der Waals surface area (Å²) in [4.78, 5) is 0. The highest BCUT2D eigenvalue weighted by atomic mass is 33.1. The monoisotopic (exact) mass is 298 g/mol. The van der Waals surface area contributed by atoms with Crippen molar-refractivity contribution in [2.24, 2.45) is 0 Å². The lowest BCUT2D eigenvalue weighted by molar-refractivity contribution is 0.337. The van der Waals surface area contributed by atoms with Crippen molar-refractivity contribution in [2.45, 2.75) is 39.3 Å². The van der Waals surface area contributed by atoms with Gasteiger partial charge in [0.25, 0.3) is 0 Å². The van der Waals surface area contributed by atoms with Gasteiger partial charge in [-0.3, -0.25) is 0 Å². The van der Waals surface area contributed by atoms with Gasteiger partial charge in [-0.15, -0.1) is 0 Å². The fraction of sp³-hybridized carbons (Fsp3) is 1.00. The lowest BCUT2D eigenvalue weighted by Gasteiger charge is -2.17. The minimum Gasteiger partial charge on any atom is -0.417 e. The van der Waals surface area contributed by atoms with Crippen molar-refractivity contribution in [3.8, 4) is 0 Å². The molecule has 0 bridgehead atoms. The van der Waals surface area contributed by atoms with E-state index >= 15 is 0 Å². The van der Waals surface area contributed by atoms with Crippen LogP contribution in [0.1, 0.15) is 0 Å². The van der Waals surface area contributed by atoms with Gasteiger partial charge in [-0.05, 0) is 39.3 Å². The quantitative estimate of drug-likeness (QED) is 0.363. The van der Waals surface area contributed by atoms with Gasteiger partial charge in [0.05, 0.1) is 0 Å². The number of hydrogen-bond donors (Lipinski definition) is 0. The standard InChI is InChI=1S/C10H26O2S2Si2/c1-15(2,3)11-7-9-13-14-10-8-12-16(4,5)6/h7-10H2,1-6H3. The third-order valence-corrected chi connectivity index (χ3v) is 5.96. The van der Waals surface area contributed by atoms with E-state index in [1.807, 2.05) is 21.6 Å². The van der Waals surface area contributed by atoms with E-state index in [0.717, 1.165) is 24.7 Å². The van der Waals surface area contributed by atoms with Crippen molar-refractivity contribution < 1.29 is 8.85 Å². The zero-order valence-corrected chi connectivity index (χ0v) is 15.1. The Kier molecular flexibility index (Phi) is 8.75. The Morgan fingerprint density at radius 3 is 1.25 bits per heavy atom. The van der Waals surface area contributed by atoms with Crippen LogP contribution in [-0.4, -0.2) is 41.4 Å². The third kappa shape index (κ3) is 15.1. The van der Waals surface area contributed by atoms with Crippen LogP contribution in [0.4, 0.5) is 0 Å². The van der Waals surface area contributed by atoms with Crippen LogP contribution < -0.4 is 0 Å². The van der Waals surface area contributed by atoms with Crippen molar-refractivity contribution in [1.82, 2.24) is 0 Å². The second-order valence-electron chi connectivity index (χ2n) is 5.57. The molecule has 0 spiro atoms. The summed E-state index contributed by atoms with van der Waals surface area (Å²) in [6.45, 7) is 15.2. The summed E-state index contributed by atoms with van der Waals surface area (Å²) in [5.74, 6) is 2.17. The number of hydrogen-bond acceptors (Lipinski definition) is 4. The maximum atomic E-state index is 5.77. The zero-order chi connectivity index (χ0) is 12.7. The van der Waals surface area contributed by atoms with Crippen LogP contribution in [0.5, 0.6) is 0 Å². The van der Waals surface area contributed by atoms with Gasteiger partial charge >= 0.3 is 0 Å². The van der Waals surface area contributed by atoms with Crippen LogP contribution in [-0.2, 0) is 8.85 Å². The van der Waals surface area contributed by atoms with Crippen molar-refractivity contribution in [2.75, 3.05) is 24.7 Å². The first-order valence-corrected chi connectivity index (χ1v) is 15.0. The minimum absolute atomic E-state index is 0.891. The van der Waals surface area contributed by atoms with E-state index in [-0.39, 0.29) is 0 Å². The minimum atomic E-state index is -1.30. The second kappa shape index (κ2) is 8.21. The molecule has 6 heteroatoms. The SMILES string of the molecule is C[Si](C)(C)OCCSSCCO[Si](C)(C)C. The molecule has 0 aromatic carbocycles. The first kappa shape index (κ1) is 17.1. The molecule has 0 amide bonds. The van der Waals surface area contributed by atoms with E-state index in [9.17, 15) is 0 Å². The first-order chi connectivity index (χ1) is 7.21. The summed E-state index contributed by atoms with van der Waals surface area (Å²) in [6, 6.07) is 0. The van der Waals surface area contributed by atoms with Gasteiger partial charge in [0.2, 0.25) is 0 Å². The summed E-state index contributed by atoms with van der Waals surface area (Å²) in [5, 5.41) is 0. The van der Waals surface area contributed by atoms with Crippen molar-refractivity contribution >= 4 is 38.2 Å². The Morgan fingerprint density at radius 1 is 0.688 bits per heavy atom. The molecule has 0 unspecified atom stereocenters. The fourth-order valence-corrected chi connectivity index (χ4v) is 4.26. The molecule has 0 heterocycles. The molecule has 0 saturated carbocycles. The van der Waals surface area contributed by atoms with E-state index in [0.29, 0.717) is 0 Å². The van der Waals surface area contributed by atoms with Gasteiger partial charge in [0, 0.05) is 24.7 Å². The Labute approximate surface area is 111 Å². The van der Waals surface area contributed by atoms with Gasteiger partial charge in [0.1, 0.15) is 0 Å². The Balaban J connectivity index is 3.17. The third-order valence-electron chi connectivity index (χ3n) is 1.49. The summed E-state index contributed by atoms with van der Waals surface area (Å²) >= 11 is 0. The predicted octanol–water partition coefficient (Wildman–Crippen LogP) is 4.07. The van der Waals surface area contributed by atoms with Crippen LogP contribution in [0.3, 0.4) is 0 Å². The maximum absolute atomic E-state index is 5.77. The lowest BCUT2D eigenvalue weighted by atomic mass is 10.9. The zero-order valence-electron chi connectivity index (χ0n) is 11.5. The second-order valence-corrected chi connectivity index (χ2v) is 17.3. The summed E-state index contributed by atoms with van der Waals surface area (Å²) in [7, 11) is 1.19. The molecule has 16 heavy (non-hydrogen) atoms. The van der Waals surface area contributed by atoms with Crippen LogP contribution >= 0.6 is 21.6 Å². The average molecular weight is 299 g/mol. The smallest absolute Gasteiger partial charge is 0.183 e. The van der Waals surface area contributed by atoms with E-state index < -0.39 is 16.6 Å². The summed E-state index contributed by atoms with van der Waals surface area (Å²) in [5.41, 5.74) is 0. The number of rotatable bonds is 9. The summed E-state index contributed by atoms with van der Waals surface area (Å²) in [6.07, 6.45) is 0. The molecule has 0 radical (unpaired) electrons. The molecule has 0 aliphatic rings. The van der Waals surface area contributed by atoms with E-state index in [1.54, 1.807) is 0 Å². The first-order valence-electron chi connectivity index (χ1n) is 5.73. The van der Waals surface area contributed by atoms with Crippen LogP contribution in [0, 0.1) is 0 Å². The largest absolute Gasteiger partial charge is 0.417 e. The molecule has 0 saturated heterocycles. The molecule has 98 valence electrons. The van der Waals surface area contributed by atoms with Gasteiger partial charge in [-0.1, -0.05) is 21.6 Å². The topological polar surface area (TPSA) is 18.5 Å². The van der Waals surface area contributed by atoms with Crippen LogP contribution in [0.2, 0.25) is 39.3 Å². The van der Waals surface area contributed by atoms with Crippen LogP contribution in [0.15, 0.2) is 0 Å². The molecule has 0 aromatic rings. The molecular weight excluding hydrogens is 272 g/mol. The van der Waals surface area contributed by atoms with Gasteiger partial charge < -0.3 is 8.85 Å². The Bertz CT molecular complexity index is 159. The summed E-state index contributed by atoms with van der Waals surface area (Å²) < 4.78 is 11.5. The molecular formula is C10H26O2S2Si2. The van der Waals surface area contributed by atoms with Gasteiger partial charge in [0.15, 0.2) is 16.6 Å². The molecule has 0 fully saturated rings.